The first kappa shape index (κ1) is 14.1. The highest BCUT2D eigenvalue weighted by atomic mass is 79.9. The Morgan fingerprint density at radius 3 is 2.56 bits per heavy atom. The lowest BCUT2D eigenvalue weighted by Crippen LogP contribution is -2.29. The van der Waals surface area contributed by atoms with Crippen LogP contribution in [0.1, 0.15) is 56.2 Å². The minimum atomic E-state index is 0.534. The molecule has 1 nitrogen and oxygen atoms in total. The zero-order chi connectivity index (χ0) is 13.0. The number of aryl methyl sites for hydroxylation is 1. The molecule has 1 saturated carbocycles. The maximum atomic E-state index is 3.70. The Kier molecular flexibility index (Phi) is 5.25. The molecule has 1 N–H and O–H groups in total. The van der Waals surface area contributed by atoms with Crippen molar-refractivity contribution in [2.24, 2.45) is 5.92 Å². The number of hydrogen-bond donors (Lipinski definition) is 1. The normalized spacial score (nSPS) is 18.8. The van der Waals surface area contributed by atoms with Crippen molar-refractivity contribution in [3.63, 3.8) is 0 Å². The first-order chi connectivity index (χ1) is 8.70. The van der Waals surface area contributed by atoms with Gasteiger partial charge in [0.05, 0.1) is 0 Å². The smallest absolute Gasteiger partial charge is 0.0349 e. The molecule has 0 heterocycles. The van der Waals surface area contributed by atoms with Gasteiger partial charge in [0.2, 0.25) is 0 Å². The summed E-state index contributed by atoms with van der Waals surface area (Å²) in [4.78, 5) is 0. The largest absolute Gasteiger partial charge is 0.310 e. The standard InChI is InChI=1S/C16H24BrN/c1-3-18-16(13-7-5-4-6-8-13)14-9-12(2)10-15(17)11-14/h9-11,13,16,18H,3-8H2,1-2H3. The zero-order valence-corrected chi connectivity index (χ0v) is 13.1. The summed E-state index contributed by atoms with van der Waals surface area (Å²) in [6.45, 7) is 5.44. The molecule has 1 fully saturated rings. The maximum absolute atomic E-state index is 3.70. The van der Waals surface area contributed by atoms with E-state index in [0.29, 0.717) is 6.04 Å². The average Bonchev–Trinajstić information content (AvgIpc) is 2.36. The first-order valence-electron chi connectivity index (χ1n) is 7.21. The molecule has 0 saturated heterocycles. The van der Waals surface area contributed by atoms with Gasteiger partial charge in [0.15, 0.2) is 0 Å². The zero-order valence-electron chi connectivity index (χ0n) is 11.5. The molecule has 1 aliphatic rings. The van der Waals surface area contributed by atoms with Crippen molar-refractivity contribution in [3.05, 3.63) is 33.8 Å². The Morgan fingerprint density at radius 1 is 1.22 bits per heavy atom. The summed E-state index contributed by atoms with van der Waals surface area (Å²) in [6.07, 6.45) is 6.98. The van der Waals surface area contributed by atoms with Crippen molar-refractivity contribution in [3.8, 4) is 0 Å². The van der Waals surface area contributed by atoms with E-state index in [9.17, 15) is 0 Å². The van der Waals surface area contributed by atoms with Crippen molar-refractivity contribution in [1.29, 1.82) is 0 Å². The number of nitrogens with one attached hydrogen (secondary N) is 1. The molecule has 100 valence electrons. The highest BCUT2D eigenvalue weighted by molar-refractivity contribution is 9.10. The van der Waals surface area contributed by atoms with Gasteiger partial charge in [0.1, 0.15) is 0 Å². The first-order valence-corrected chi connectivity index (χ1v) is 8.00. The van der Waals surface area contributed by atoms with Gasteiger partial charge in [0, 0.05) is 10.5 Å². The number of halogens is 1. The van der Waals surface area contributed by atoms with Crippen LogP contribution in [0.25, 0.3) is 0 Å². The van der Waals surface area contributed by atoms with E-state index in [1.54, 1.807) is 0 Å². The number of benzene rings is 1. The van der Waals surface area contributed by atoms with E-state index in [-0.39, 0.29) is 0 Å². The fourth-order valence-electron chi connectivity index (χ4n) is 3.19. The molecule has 1 aromatic carbocycles. The Labute approximate surface area is 119 Å². The van der Waals surface area contributed by atoms with Gasteiger partial charge in [0.25, 0.3) is 0 Å². The van der Waals surface area contributed by atoms with Crippen LogP contribution < -0.4 is 5.32 Å². The Morgan fingerprint density at radius 2 is 1.94 bits per heavy atom. The van der Waals surface area contributed by atoms with Gasteiger partial charge < -0.3 is 5.32 Å². The van der Waals surface area contributed by atoms with E-state index >= 15 is 0 Å². The highest BCUT2D eigenvalue weighted by Crippen LogP contribution is 2.35. The van der Waals surface area contributed by atoms with Gasteiger partial charge >= 0.3 is 0 Å². The summed E-state index contributed by atoms with van der Waals surface area (Å²) in [5, 5.41) is 3.70. The molecule has 18 heavy (non-hydrogen) atoms. The summed E-state index contributed by atoms with van der Waals surface area (Å²) < 4.78 is 1.20. The van der Waals surface area contributed by atoms with E-state index in [1.807, 2.05) is 0 Å². The van der Waals surface area contributed by atoms with E-state index in [4.69, 9.17) is 0 Å². The summed E-state index contributed by atoms with van der Waals surface area (Å²) in [5.74, 6) is 0.812. The summed E-state index contributed by atoms with van der Waals surface area (Å²) in [7, 11) is 0. The summed E-state index contributed by atoms with van der Waals surface area (Å²) >= 11 is 3.63. The van der Waals surface area contributed by atoms with Crippen LogP contribution in [0, 0.1) is 12.8 Å². The van der Waals surface area contributed by atoms with Crippen LogP contribution in [0.3, 0.4) is 0 Å². The third kappa shape index (κ3) is 3.58. The molecule has 2 rings (SSSR count). The molecule has 1 aliphatic carbocycles. The van der Waals surface area contributed by atoms with Crippen molar-refractivity contribution in [2.45, 2.75) is 52.0 Å². The predicted octanol–water partition coefficient (Wildman–Crippen LogP) is 4.99. The van der Waals surface area contributed by atoms with Crippen LogP contribution in [0.15, 0.2) is 22.7 Å². The molecule has 1 aromatic rings. The second kappa shape index (κ2) is 6.72. The van der Waals surface area contributed by atoms with Gasteiger partial charge in [-0.1, -0.05) is 48.2 Å². The molecule has 2 heteroatoms. The second-order valence-electron chi connectivity index (χ2n) is 5.50. The molecular weight excluding hydrogens is 286 g/mol. The molecule has 1 atom stereocenters. The molecule has 0 bridgehead atoms. The van der Waals surface area contributed by atoms with Crippen LogP contribution in [0.4, 0.5) is 0 Å². The lowest BCUT2D eigenvalue weighted by molar-refractivity contribution is 0.274. The summed E-state index contributed by atoms with van der Waals surface area (Å²) in [6, 6.07) is 7.35. The third-order valence-electron chi connectivity index (χ3n) is 3.97. The van der Waals surface area contributed by atoms with Gasteiger partial charge in [-0.15, -0.1) is 0 Å². The predicted molar refractivity (Wildman–Crippen MR) is 81.9 cm³/mol. The van der Waals surface area contributed by atoms with Crippen molar-refractivity contribution >= 4 is 15.9 Å². The number of hydrogen-bond acceptors (Lipinski definition) is 1. The molecule has 0 spiro atoms. The van der Waals surface area contributed by atoms with Gasteiger partial charge in [-0.2, -0.15) is 0 Å². The Balaban J connectivity index is 2.22. The molecule has 1 unspecified atom stereocenters. The van der Waals surface area contributed by atoms with Crippen LogP contribution in [-0.2, 0) is 0 Å². The van der Waals surface area contributed by atoms with Crippen molar-refractivity contribution < 1.29 is 0 Å². The minimum Gasteiger partial charge on any atom is -0.310 e. The second-order valence-corrected chi connectivity index (χ2v) is 6.41. The quantitative estimate of drug-likeness (QED) is 0.826. The lowest BCUT2D eigenvalue weighted by atomic mass is 9.81. The minimum absolute atomic E-state index is 0.534. The molecule has 0 amide bonds. The van der Waals surface area contributed by atoms with Crippen LogP contribution in [0.2, 0.25) is 0 Å². The lowest BCUT2D eigenvalue weighted by Gasteiger charge is -2.31. The van der Waals surface area contributed by atoms with Crippen LogP contribution in [0.5, 0.6) is 0 Å². The van der Waals surface area contributed by atoms with E-state index < -0.39 is 0 Å². The van der Waals surface area contributed by atoms with E-state index in [0.717, 1.165) is 12.5 Å². The fraction of sp³-hybridized carbons (Fsp3) is 0.625. The van der Waals surface area contributed by atoms with Gasteiger partial charge in [-0.3, -0.25) is 0 Å². The third-order valence-corrected chi connectivity index (χ3v) is 4.43. The summed E-state index contributed by atoms with van der Waals surface area (Å²) in [5.41, 5.74) is 2.80. The van der Waals surface area contributed by atoms with Crippen LogP contribution in [-0.4, -0.2) is 6.54 Å². The topological polar surface area (TPSA) is 12.0 Å². The number of rotatable bonds is 4. The molecule has 0 aromatic heterocycles. The van der Waals surface area contributed by atoms with Crippen LogP contribution >= 0.6 is 15.9 Å². The fourth-order valence-corrected chi connectivity index (χ4v) is 3.81. The van der Waals surface area contributed by atoms with Crippen molar-refractivity contribution in [2.75, 3.05) is 6.54 Å². The van der Waals surface area contributed by atoms with E-state index in [2.05, 4.69) is 53.3 Å². The average molecular weight is 310 g/mol. The maximum Gasteiger partial charge on any atom is 0.0349 e. The van der Waals surface area contributed by atoms with Crippen molar-refractivity contribution in [1.82, 2.24) is 5.32 Å². The Hall–Kier alpha value is -0.340. The SMILES string of the molecule is CCNC(c1cc(C)cc(Br)c1)C1CCCCC1. The monoisotopic (exact) mass is 309 g/mol. The highest BCUT2D eigenvalue weighted by Gasteiger charge is 2.24. The molecular formula is C16H24BrN. The van der Waals surface area contributed by atoms with Gasteiger partial charge in [-0.25, -0.2) is 0 Å². The Bertz CT molecular complexity index is 362. The van der Waals surface area contributed by atoms with Gasteiger partial charge in [-0.05, 0) is 55.5 Å². The van der Waals surface area contributed by atoms with E-state index in [1.165, 1.54) is 47.7 Å². The molecule has 0 radical (unpaired) electrons. The molecule has 0 aliphatic heterocycles.